The molecule has 0 aliphatic carbocycles. The molecule has 2 aromatic rings. The summed E-state index contributed by atoms with van der Waals surface area (Å²) >= 11 is 0. The van der Waals surface area contributed by atoms with Crippen molar-refractivity contribution in [1.82, 2.24) is 14.7 Å². The van der Waals surface area contributed by atoms with Crippen LogP contribution in [0.25, 0.3) is 0 Å². The third-order valence-electron chi connectivity index (χ3n) is 7.15. The molecule has 0 saturated carbocycles. The SMILES string of the molecule is COC(=O)CCC(C(N)=O)N1Cc2c(OCc3ccc(CN4CCN(C(C)=O)CC4)cc3)cccc2C1=O. The Labute approximate surface area is 222 Å². The van der Waals surface area contributed by atoms with E-state index in [-0.39, 0.29) is 31.2 Å². The van der Waals surface area contributed by atoms with Crippen LogP contribution in [-0.2, 0) is 38.8 Å². The fraction of sp³-hybridized carbons (Fsp3) is 0.429. The van der Waals surface area contributed by atoms with Crippen molar-refractivity contribution in [3.63, 3.8) is 0 Å². The molecule has 0 spiro atoms. The van der Waals surface area contributed by atoms with E-state index in [0.717, 1.165) is 38.3 Å². The summed E-state index contributed by atoms with van der Waals surface area (Å²) in [6.07, 6.45) is 0.0783. The van der Waals surface area contributed by atoms with Crippen LogP contribution in [0.2, 0.25) is 0 Å². The second-order valence-corrected chi connectivity index (χ2v) is 9.64. The lowest BCUT2D eigenvalue weighted by Crippen LogP contribution is -2.47. The minimum absolute atomic E-state index is 0.0157. The standard InChI is InChI=1S/C28H34N4O6/c1-19(33)31-14-12-30(13-15-31)16-20-6-8-21(9-7-20)18-38-25-5-3-4-22-23(25)17-32(28(22)36)24(27(29)35)10-11-26(34)37-2/h3-9,24H,10-18H2,1-2H3,(H2,29,35). The largest absolute Gasteiger partial charge is 0.489 e. The van der Waals surface area contributed by atoms with Gasteiger partial charge in [0.1, 0.15) is 18.4 Å². The number of piperazine rings is 1. The van der Waals surface area contributed by atoms with E-state index in [1.807, 2.05) is 17.0 Å². The van der Waals surface area contributed by atoms with E-state index in [1.54, 1.807) is 25.1 Å². The smallest absolute Gasteiger partial charge is 0.305 e. The monoisotopic (exact) mass is 522 g/mol. The lowest BCUT2D eigenvalue weighted by molar-refractivity contribution is -0.141. The lowest BCUT2D eigenvalue weighted by atomic mass is 10.1. The Kier molecular flexibility index (Phi) is 8.62. The molecule has 38 heavy (non-hydrogen) atoms. The van der Waals surface area contributed by atoms with Gasteiger partial charge in [0.25, 0.3) is 5.91 Å². The minimum Gasteiger partial charge on any atom is -0.489 e. The van der Waals surface area contributed by atoms with Crippen LogP contribution in [0.1, 0.15) is 46.8 Å². The molecule has 2 aromatic carbocycles. The molecule has 0 radical (unpaired) electrons. The van der Waals surface area contributed by atoms with Gasteiger partial charge in [0.2, 0.25) is 11.8 Å². The van der Waals surface area contributed by atoms with Crippen LogP contribution in [0.3, 0.4) is 0 Å². The predicted octanol–water partition coefficient (Wildman–Crippen LogP) is 1.69. The predicted molar refractivity (Wildman–Crippen MR) is 139 cm³/mol. The quantitative estimate of drug-likeness (QED) is 0.471. The molecule has 10 heteroatoms. The lowest BCUT2D eigenvalue weighted by Gasteiger charge is -2.34. The number of hydrogen-bond donors (Lipinski definition) is 1. The number of methoxy groups -OCH3 is 1. The molecule has 4 rings (SSSR count). The second kappa shape index (κ2) is 12.1. The summed E-state index contributed by atoms with van der Waals surface area (Å²) in [6, 6.07) is 12.5. The third-order valence-corrected chi connectivity index (χ3v) is 7.15. The number of nitrogens with two attached hydrogens (primary N) is 1. The highest BCUT2D eigenvalue weighted by Gasteiger charge is 2.37. The molecule has 2 aliphatic heterocycles. The Morgan fingerprint density at radius 2 is 1.68 bits per heavy atom. The van der Waals surface area contributed by atoms with Gasteiger partial charge in [-0.25, -0.2) is 0 Å². The minimum atomic E-state index is -0.917. The van der Waals surface area contributed by atoms with Crippen molar-refractivity contribution in [3.8, 4) is 5.75 Å². The van der Waals surface area contributed by atoms with Gasteiger partial charge in [-0.15, -0.1) is 0 Å². The fourth-order valence-electron chi connectivity index (χ4n) is 4.90. The maximum Gasteiger partial charge on any atom is 0.305 e. The number of hydrogen-bond acceptors (Lipinski definition) is 7. The Morgan fingerprint density at radius 3 is 2.32 bits per heavy atom. The molecule has 2 N–H and O–H groups in total. The van der Waals surface area contributed by atoms with Crippen molar-refractivity contribution in [2.45, 2.75) is 45.5 Å². The summed E-state index contributed by atoms with van der Waals surface area (Å²) in [6.45, 7) is 6.17. The van der Waals surface area contributed by atoms with E-state index < -0.39 is 17.9 Å². The van der Waals surface area contributed by atoms with Crippen LogP contribution < -0.4 is 10.5 Å². The molecule has 1 unspecified atom stereocenters. The maximum absolute atomic E-state index is 13.1. The molecule has 3 amide bonds. The van der Waals surface area contributed by atoms with Crippen molar-refractivity contribution in [1.29, 1.82) is 0 Å². The van der Waals surface area contributed by atoms with Gasteiger partial charge >= 0.3 is 5.97 Å². The average molecular weight is 523 g/mol. The molecule has 1 fully saturated rings. The summed E-state index contributed by atoms with van der Waals surface area (Å²) < 4.78 is 10.7. The summed E-state index contributed by atoms with van der Waals surface area (Å²) in [4.78, 5) is 53.9. The topological polar surface area (TPSA) is 122 Å². The van der Waals surface area contributed by atoms with Crippen molar-refractivity contribution in [2.75, 3.05) is 33.3 Å². The summed E-state index contributed by atoms with van der Waals surface area (Å²) in [7, 11) is 1.27. The first kappa shape index (κ1) is 27.1. The molecule has 0 aromatic heterocycles. The molecule has 2 aliphatic rings. The Bertz CT molecular complexity index is 1190. The second-order valence-electron chi connectivity index (χ2n) is 9.64. The normalized spacial score (nSPS) is 16.2. The zero-order chi connectivity index (χ0) is 27.2. The number of ether oxygens (including phenoxy) is 2. The van der Waals surface area contributed by atoms with Crippen molar-refractivity contribution >= 4 is 23.7 Å². The number of esters is 1. The van der Waals surface area contributed by atoms with Crippen LogP contribution in [0.5, 0.6) is 5.75 Å². The van der Waals surface area contributed by atoms with Gasteiger partial charge in [0, 0.05) is 57.2 Å². The van der Waals surface area contributed by atoms with Crippen LogP contribution >= 0.6 is 0 Å². The van der Waals surface area contributed by atoms with Crippen LogP contribution in [0, 0.1) is 0 Å². The van der Waals surface area contributed by atoms with Crippen molar-refractivity contribution in [2.24, 2.45) is 5.73 Å². The van der Waals surface area contributed by atoms with E-state index in [1.165, 1.54) is 17.6 Å². The van der Waals surface area contributed by atoms with E-state index in [4.69, 9.17) is 10.5 Å². The summed E-state index contributed by atoms with van der Waals surface area (Å²) in [5, 5.41) is 0. The van der Waals surface area contributed by atoms with E-state index in [0.29, 0.717) is 23.5 Å². The molecule has 10 nitrogen and oxygen atoms in total. The molecule has 1 atom stereocenters. The zero-order valence-electron chi connectivity index (χ0n) is 21.9. The van der Waals surface area contributed by atoms with Gasteiger partial charge < -0.3 is 25.0 Å². The van der Waals surface area contributed by atoms with E-state index in [9.17, 15) is 19.2 Å². The Morgan fingerprint density at radius 1 is 1.00 bits per heavy atom. The first-order chi connectivity index (χ1) is 18.3. The van der Waals surface area contributed by atoms with Gasteiger partial charge in [-0.2, -0.15) is 0 Å². The van der Waals surface area contributed by atoms with Crippen LogP contribution in [0.15, 0.2) is 42.5 Å². The van der Waals surface area contributed by atoms with E-state index >= 15 is 0 Å². The Balaban J connectivity index is 1.35. The van der Waals surface area contributed by atoms with Gasteiger partial charge in [-0.05, 0) is 29.7 Å². The number of nitrogens with zero attached hydrogens (tertiary/aromatic N) is 3. The molecule has 202 valence electrons. The highest BCUT2D eigenvalue weighted by atomic mass is 16.5. The average Bonchev–Trinajstić information content (AvgIpc) is 3.25. The number of fused-ring (bicyclic) bond motifs is 1. The molecule has 1 saturated heterocycles. The zero-order valence-corrected chi connectivity index (χ0v) is 21.9. The highest BCUT2D eigenvalue weighted by Crippen LogP contribution is 2.33. The number of amides is 3. The first-order valence-electron chi connectivity index (χ1n) is 12.7. The van der Waals surface area contributed by atoms with Crippen LogP contribution in [0.4, 0.5) is 0 Å². The van der Waals surface area contributed by atoms with Gasteiger partial charge in [-0.3, -0.25) is 24.1 Å². The highest BCUT2D eigenvalue weighted by molar-refractivity contribution is 6.01. The number of primary amides is 1. The Hall–Kier alpha value is -3.92. The summed E-state index contributed by atoms with van der Waals surface area (Å²) in [5.74, 6) is -0.750. The molecule has 0 bridgehead atoms. The number of carbonyl (C=O) groups excluding carboxylic acids is 4. The number of rotatable bonds is 10. The van der Waals surface area contributed by atoms with E-state index in [2.05, 4.69) is 21.8 Å². The van der Waals surface area contributed by atoms with Crippen LogP contribution in [-0.4, -0.2) is 77.7 Å². The van der Waals surface area contributed by atoms with Gasteiger partial charge in [-0.1, -0.05) is 30.3 Å². The maximum atomic E-state index is 13.1. The van der Waals surface area contributed by atoms with Crippen molar-refractivity contribution < 1.29 is 28.7 Å². The summed E-state index contributed by atoms with van der Waals surface area (Å²) in [5.41, 5.74) is 8.91. The van der Waals surface area contributed by atoms with Crippen molar-refractivity contribution in [3.05, 3.63) is 64.7 Å². The number of benzene rings is 2. The molecule has 2 heterocycles. The van der Waals surface area contributed by atoms with Gasteiger partial charge in [0.05, 0.1) is 13.7 Å². The fourth-order valence-corrected chi connectivity index (χ4v) is 4.90. The molecular formula is C28H34N4O6. The number of carbonyl (C=O) groups is 4. The molecular weight excluding hydrogens is 488 g/mol. The first-order valence-corrected chi connectivity index (χ1v) is 12.7. The van der Waals surface area contributed by atoms with Gasteiger partial charge in [0.15, 0.2) is 0 Å². The third kappa shape index (κ3) is 6.31.